The fourth-order valence-corrected chi connectivity index (χ4v) is 2.65. The monoisotopic (exact) mass is 481 g/mol. The van der Waals surface area contributed by atoms with E-state index in [-0.39, 0.29) is 52.8 Å². The predicted molar refractivity (Wildman–Crippen MR) is 124 cm³/mol. The minimum Gasteiger partial charge on any atom is -0.494 e. The zero-order chi connectivity index (χ0) is 24.4. The van der Waals surface area contributed by atoms with Crippen molar-refractivity contribution in [2.75, 3.05) is 30.8 Å². The molecule has 0 saturated heterocycles. The highest BCUT2D eigenvalue weighted by molar-refractivity contribution is 6.32. The predicted octanol–water partition coefficient (Wildman–Crippen LogP) is 3.29. The van der Waals surface area contributed by atoms with E-state index >= 15 is 0 Å². The van der Waals surface area contributed by atoms with Crippen molar-refractivity contribution in [3.63, 3.8) is 0 Å². The average molecular weight is 482 g/mol. The van der Waals surface area contributed by atoms with Crippen molar-refractivity contribution in [3.8, 4) is 5.75 Å². The Morgan fingerprint density at radius 2 is 2.09 bits per heavy atom. The second-order valence-electron chi connectivity index (χ2n) is 7.23. The zero-order valence-corrected chi connectivity index (χ0v) is 19.2. The van der Waals surface area contributed by atoms with Crippen LogP contribution in [0.25, 0.3) is 0 Å². The highest BCUT2D eigenvalue weighted by atomic mass is 35.5. The van der Waals surface area contributed by atoms with Gasteiger partial charge in [0.05, 0.1) is 25.5 Å². The van der Waals surface area contributed by atoms with Gasteiger partial charge < -0.3 is 31.4 Å². The van der Waals surface area contributed by atoms with Crippen LogP contribution < -0.4 is 26.0 Å². The largest absolute Gasteiger partial charge is 0.494 e. The first kappa shape index (κ1) is 25.8. The molecule has 0 saturated carbocycles. The first-order chi connectivity index (χ1) is 15.7. The summed E-state index contributed by atoms with van der Waals surface area (Å²) in [4.78, 5) is 19.9. The van der Waals surface area contributed by atoms with E-state index in [2.05, 4.69) is 31.2 Å². The summed E-state index contributed by atoms with van der Waals surface area (Å²) in [6.45, 7) is 4.33. The van der Waals surface area contributed by atoms with Crippen molar-refractivity contribution >= 4 is 35.5 Å². The maximum atomic E-state index is 14.3. The molecule has 178 valence electrons. The smallest absolute Gasteiger partial charge is 0.239 e. The molecule has 5 N–H and O–H groups in total. The molecular weight excluding hydrogens is 456 g/mol. The maximum absolute atomic E-state index is 14.3. The Hall–Kier alpha value is -3.47. The minimum absolute atomic E-state index is 0.0255. The van der Waals surface area contributed by atoms with Gasteiger partial charge in [-0.15, -0.1) is 0 Å². The molecule has 0 unspecified atom stereocenters. The molecular formula is C21H26ClF2N7O2. The summed E-state index contributed by atoms with van der Waals surface area (Å²) >= 11 is 6.10. The van der Waals surface area contributed by atoms with Gasteiger partial charge in [-0.2, -0.15) is 4.98 Å². The molecule has 0 radical (unpaired) electrons. The number of nitrogens with one attached hydrogen (secondary N) is 5. The topological polar surface area (TPSA) is 124 Å². The van der Waals surface area contributed by atoms with Crippen LogP contribution in [-0.2, 0) is 11.3 Å². The van der Waals surface area contributed by atoms with Gasteiger partial charge in [-0.3, -0.25) is 4.79 Å². The third-order valence-corrected chi connectivity index (χ3v) is 4.46. The lowest BCUT2D eigenvalue weighted by molar-refractivity contribution is -0.120. The Morgan fingerprint density at radius 1 is 1.33 bits per heavy atom. The molecule has 0 aliphatic rings. The van der Waals surface area contributed by atoms with Crippen LogP contribution >= 0.6 is 11.6 Å². The summed E-state index contributed by atoms with van der Waals surface area (Å²) < 4.78 is 33.3. The molecule has 0 spiro atoms. The molecule has 0 aliphatic carbocycles. The summed E-state index contributed by atoms with van der Waals surface area (Å²) in [6, 6.07) is 2.30. The minimum atomic E-state index is -0.828. The molecule has 0 aliphatic heterocycles. The fourth-order valence-electron chi connectivity index (χ4n) is 2.50. The summed E-state index contributed by atoms with van der Waals surface area (Å²) in [5.74, 6) is -1.31. The number of methoxy groups -OCH3 is 1. The van der Waals surface area contributed by atoms with Gasteiger partial charge in [0.2, 0.25) is 11.9 Å². The SMILES string of the molecule is COc1ccc(F)c(CNc2nc(N/C(C=N)=C/NCC(=O)NCC(C)C)ncc2Cl)c1F. The van der Waals surface area contributed by atoms with Gasteiger partial charge in [0.1, 0.15) is 10.8 Å². The number of carbonyl (C=O) groups is 1. The second kappa shape index (κ2) is 12.5. The van der Waals surface area contributed by atoms with Gasteiger partial charge in [-0.25, -0.2) is 13.8 Å². The Labute approximate surface area is 195 Å². The molecule has 1 aromatic heterocycles. The molecule has 1 amide bonds. The van der Waals surface area contributed by atoms with E-state index < -0.39 is 11.6 Å². The molecule has 0 bridgehead atoms. The van der Waals surface area contributed by atoms with Crippen molar-refractivity contribution in [1.82, 2.24) is 20.6 Å². The standard InChI is InChI=1S/C21H26ClF2N7O2/c1-12(2)7-27-18(32)11-26-8-13(6-25)30-21-29-10-15(22)20(31-21)28-9-14-16(23)4-5-17(33-3)19(14)24/h4-6,8,10,12,25-26H,7,9,11H2,1-3H3,(H,27,32)(H2,28,29,30,31)/b13-8+,25-6?. The Bertz CT molecular complexity index is 1020. The van der Waals surface area contributed by atoms with Gasteiger partial charge >= 0.3 is 0 Å². The van der Waals surface area contributed by atoms with E-state index in [1.807, 2.05) is 13.8 Å². The van der Waals surface area contributed by atoms with E-state index in [9.17, 15) is 13.6 Å². The van der Waals surface area contributed by atoms with Crippen LogP contribution in [0.5, 0.6) is 5.75 Å². The first-order valence-electron chi connectivity index (χ1n) is 10.00. The Balaban J connectivity index is 2.04. The lowest BCUT2D eigenvalue weighted by Gasteiger charge is -2.12. The number of halogens is 3. The van der Waals surface area contributed by atoms with Crippen molar-refractivity contribution in [3.05, 3.63) is 52.4 Å². The van der Waals surface area contributed by atoms with Crippen LogP contribution in [0.2, 0.25) is 5.02 Å². The number of allylic oxidation sites excluding steroid dienone is 1. The fraction of sp³-hybridized carbons (Fsp3) is 0.333. The van der Waals surface area contributed by atoms with E-state index in [1.54, 1.807) is 0 Å². The summed E-state index contributed by atoms with van der Waals surface area (Å²) in [6.07, 6.45) is 3.73. The number of amides is 1. The van der Waals surface area contributed by atoms with E-state index in [0.29, 0.717) is 12.5 Å². The zero-order valence-electron chi connectivity index (χ0n) is 18.4. The third kappa shape index (κ3) is 7.86. The van der Waals surface area contributed by atoms with Gasteiger partial charge in [0.15, 0.2) is 17.4 Å². The molecule has 33 heavy (non-hydrogen) atoms. The number of benzene rings is 1. The lowest BCUT2D eigenvalue weighted by atomic mass is 10.2. The molecule has 0 atom stereocenters. The van der Waals surface area contributed by atoms with Crippen molar-refractivity contribution in [1.29, 1.82) is 5.41 Å². The highest BCUT2D eigenvalue weighted by Gasteiger charge is 2.15. The van der Waals surface area contributed by atoms with Crippen LogP contribution in [0.3, 0.4) is 0 Å². The van der Waals surface area contributed by atoms with Crippen LogP contribution in [-0.4, -0.2) is 42.3 Å². The summed E-state index contributed by atoms with van der Waals surface area (Å²) in [7, 11) is 1.29. The first-order valence-corrected chi connectivity index (χ1v) is 10.4. The molecule has 2 aromatic rings. The van der Waals surface area contributed by atoms with Crippen LogP contribution in [0.15, 0.2) is 30.2 Å². The quantitative estimate of drug-likeness (QED) is 0.295. The number of rotatable bonds is 12. The number of hydrogen-bond acceptors (Lipinski definition) is 8. The number of hydrogen-bond donors (Lipinski definition) is 5. The van der Waals surface area contributed by atoms with Gasteiger partial charge in [0, 0.05) is 31.1 Å². The van der Waals surface area contributed by atoms with E-state index in [4.69, 9.17) is 21.7 Å². The van der Waals surface area contributed by atoms with Crippen LogP contribution in [0.4, 0.5) is 20.5 Å². The van der Waals surface area contributed by atoms with E-state index in [1.165, 1.54) is 25.6 Å². The second-order valence-corrected chi connectivity index (χ2v) is 7.64. The molecule has 2 rings (SSSR count). The average Bonchev–Trinajstić information content (AvgIpc) is 2.78. The van der Waals surface area contributed by atoms with Crippen molar-refractivity contribution in [2.45, 2.75) is 20.4 Å². The number of carbonyl (C=O) groups excluding carboxylic acids is 1. The number of ether oxygens (including phenoxy) is 1. The van der Waals surface area contributed by atoms with Gasteiger partial charge in [-0.05, 0) is 18.1 Å². The number of aromatic nitrogens is 2. The normalized spacial score (nSPS) is 11.2. The Morgan fingerprint density at radius 3 is 2.76 bits per heavy atom. The molecule has 1 heterocycles. The third-order valence-electron chi connectivity index (χ3n) is 4.19. The van der Waals surface area contributed by atoms with Gasteiger partial charge in [0.25, 0.3) is 0 Å². The summed E-state index contributed by atoms with van der Waals surface area (Å²) in [5.41, 5.74) is 0.0309. The maximum Gasteiger partial charge on any atom is 0.239 e. The van der Waals surface area contributed by atoms with E-state index in [0.717, 1.165) is 12.3 Å². The summed E-state index contributed by atoms with van der Waals surface area (Å²) in [5, 5.41) is 18.8. The molecule has 0 fully saturated rings. The Kier molecular flexibility index (Phi) is 9.80. The number of nitrogens with zero attached hydrogens (tertiary/aromatic N) is 2. The lowest BCUT2D eigenvalue weighted by Crippen LogP contribution is -2.34. The highest BCUT2D eigenvalue weighted by Crippen LogP contribution is 2.25. The molecule has 12 heteroatoms. The molecule has 1 aromatic carbocycles. The van der Waals surface area contributed by atoms with Crippen molar-refractivity contribution in [2.24, 2.45) is 5.92 Å². The van der Waals surface area contributed by atoms with Crippen LogP contribution in [0, 0.1) is 23.0 Å². The molecule has 9 nitrogen and oxygen atoms in total. The number of anilines is 2. The van der Waals surface area contributed by atoms with Crippen LogP contribution in [0.1, 0.15) is 19.4 Å². The van der Waals surface area contributed by atoms with Gasteiger partial charge in [-0.1, -0.05) is 25.4 Å². The van der Waals surface area contributed by atoms with Crippen molar-refractivity contribution < 1.29 is 18.3 Å².